The number of allylic oxidation sites excluding steroid dienone is 2. The smallest absolute Gasteiger partial charge is 0.224 e. The third-order valence-corrected chi connectivity index (χ3v) is 4.16. The summed E-state index contributed by atoms with van der Waals surface area (Å²) in [4.78, 5) is 16.2. The summed E-state index contributed by atoms with van der Waals surface area (Å²) in [6, 6.07) is 0. The molecule has 1 N–H and O–H groups in total. The number of imidazole rings is 1. The highest BCUT2D eigenvalue weighted by Crippen LogP contribution is 2.59. The molecular formula is C16H25N3O. The molecule has 1 aromatic heterocycles. The van der Waals surface area contributed by atoms with E-state index in [0.717, 1.165) is 19.5 Å². The van der Waals surface area contributed by atoms with Gasteiger partial charge in [0.2, 0.25) is 5.91 Å². The van der Waals surface area contributed by atoms with Crippen LogP contribution in [0.2, 0.25) is 0 Å². The number of aromatic nitrogens is 2. The number of hydrogen-bond acceptors (Lipinski definition) is 2. The summed E-state index contributed by atoms with van der Waals surface area (Å²) in [7, 11) is 0. The average Bonchev–Trinajstić information content (AvgIpc) is 2.77. The Morgan fingerprint density at radius 2 is 2.20 bits per heavy atom. The molecule has 2 rings (SSSR count). The molecule has 0 bridgehead atoms. The number of amides is 1. The minimum absolute atomic E-state index is 0.103. The molecule has 20 heavy (non-hydrogen) atoms. The molecule has 0 unspecified atom stereocenters. The Balaban J connectivity index is 1.74. The molecule has 110 valence electrons. The molecule has 1 amide bonds. The predicted octanol–water partition coefficient (Wildman–Crippen LogP) is 2.63. The van der Waals surface area contributed by atoms with Crippen LogP contribution in [0, 0.1) is 17.3 Å². The molecule has 0 aliphatic heterocycles. The lowest BCUT2D eigenvalue weighted by atomic mass is 10.1. The maximum atomic E-state index is 12.2. The third kappa shape index (κ3) is 3.30. The van der Waals surface area contributed by atoms with Crippen molar-refractivity contribution in [2.24, 2.45) is 17.3 Å². The van der Waals surface area contributed by atoms with Gasteiger partial charge in [-0.25, -0.2) is 4.98 Å². The first kappa shape index (κ1) is 14.8. The van der Waals surface area contributed by atoms with E-state index in [9.17, 15) is 4.79 Å². The van der Waals surface area contributed by atoms with Crippen molar-refractivity contribution in [1.29, 1.82) is 0 Å². The van der Waals surface area contributed by atoms with Crippen LogP contribution in [-0.2, 0) is 11.3 Å². The van der Waals surface area contributed by atoms with Gasteiger partial charge in [0.25, 0.3) is 0 Å². The Labute approximate surface area is 121 Å². The number of carbonyl (C=O) groups excluding carboxylic acids is 1. The molecule has 0 spiro atoms. The van der Waals surface area contributed by atoms with Gasteiger partial charge in [0.1, 0.15) is 0 Å². The molecule has 0 aromatic carbocycles. The van der Waals surface area contributed by atoms with Crippen molar-refractivity contribution in [3.8, 4) is 0 Å². The summed E-state index contributed by atoms with van der Waals surface area (Å²) >= 11 is 0. The summed E-state index contributed by atoms with van der Waals surface area (Å²) in [6.45, 7) is 10.2. The van der Waals surface area contributed by atoms with E-state index >= 15 is 0 Å². The van der Waals surface area contributed by atoms with E-state index in [-0.39, 0.29) is 17.2 Å². The Kier molecular flexibility index (Phi) is 4.31. The average molecular weight is 275 g/mol. The van der Waals surface area contributed by atoms with Crippen LogP contribution in [-0.4, -0.2) is 22.0 Å². The van der Waals surface area contributed by atoms with Gasteiger partial charge in [-0.1, -0.05) is 25.5 Å². The maximum absolute atomic E-state index is 12.2. The van der Waals surface area contributed by atoms with E-state index in [1.807, 2.05) is 10.8 Å². The highest BCUT2D eigenvalue weighted by atomic mass is 16.2. The molecule has 4 nitrogen and oxygen atoms in total. The van der Waals surface area contributed by atoms with Crippen LogP contribution >= 0.6 is 0 Å². The maximum Gasteiger partial charge on any atom is 0.224 e. The van der Waals surface area contributed by atoms with Crippen LogP contribution in [0.15, 0.2) is 30.4 Å². The summed E-state index contributed by atoms with van der Waals surface area (Å²) < 4.78 is 2.03. The Bertz CT molecular complexity index is 484. The molecule has 4 heteroatoms. The first-order chi connectivity index (χ1) is 9.43. The monoisotopic (exact) mass is 275 g/mol. The molecule has 1 fully saturated rings. The standard InChI is InChI=1S/C16H25N3O/c1-12(2)10-13-14(16(13,3)4)15(20)18-6-5-8-19-9-7-17-11-19/h7,9-11,13-14H,5-6,8H2,1-4H3,(H,18,20)/t13-,14+/m0/s1. The number of rotatable bonds is 6. The largest absolute Gasteiger partial charge is 0.356 e. The van der Waals surface area contributed by atoms with E-state index in [1.54, 1.807) is 12.5 Å². The topological polar surface area (TPSA) is 46.9 Å². The summed E-state index contributed by atoms with van der Waals surface area (Å²) in [5.74, 6) is 0.718. The number of aryl methyl sites for hydroxylation is 1. The van der Waals surface area contributed by atoms with Crippen molar-refractivity contribution >= 4 is 5.91 Å². The minimum Gasteiger partial charge on any atom is -0.356 e. The predicted molar refractivity (Wildman–Crippen MR) is 80.0 cm³/mol. The SMILES string of the molecule is CC(C)=C[C@H]1[C@H](C(=O)NCCCn2ccnc2)C1(C)C. The first-order valence-corrected chi connectivity index (χ1v) is 7.31. The molecule has 1 aliphatic carbocycles. The third-order valence-electron chi connectivity index (χ3n) is 4.16. The van der Waals surface area contributed by atoms with Gasteiger partial charge in [-0.15, -0.1) is 0 Å². The van der Waals surface area contributed by atoms with Gasteiger partial charge in [-0.2, -0.15) is 0 Å². The zero-order valence-electron chi connectivity index (χ0n) is 12.9. The van der Waals surface area contributed by atoms with Gasteiger partial charge in [0.15, 0.2) is 0 Å². The van der Waals surface area contributed by atoms with E-state index in [2.05, 4.69) is 44.1 Å². The first-order valence-electron chi connectivity index (χ1n) is 7.31. The van der Waals surface area contributed by atoms with E-state index in [4.69, 9.17) is 0 Å². The van der Waals surface area contributed by atoms with E-state index in [0.29, 0.717) is 5.92 Å². The number of hydrogen-bond donors (Lipinski definition) is 1. The Morgan fingerprint density at radius 1 is 1.45 bits per heavy atom. The van der Waals surface area contributed by atoms with Gasteiger partial charge in [0.05, 0.1) is 12.2 Å². The molecular weight excluding hydrogens is 250 g/mol. The lowest BCUT2D eigenvalue weighted by Gasteiger charge is -2.06. The normalized spacial score (nSPS) is 23.2. The van der Waals surface area contributed by atoms with Crippen molar-refractivity contribution in [1.82, 2.24) is 14.9 Å². The molecule has 1 saturated carbocycles. The molecule has 1 heterocycles. The van der Waals surface area contributed by atoms with Gasteiger partial charge >= 0.3 is 0 Å². The van der Waals surface area contributed by atoms with Crippen molar-refractivity contribution in [3.63, 3.8) is 0 Å². The summed E-state index contributed by atoms with van der Waals surface area (Å²) in [5, 5.41) is 3.06. The van der Waals surface area contributed by atoms with Crippen LogP contribution in [0.1, 0.15) is 34.1 Å². The van der Waals surface area contributed by atoms with Gasteiger partial charge in [-0.05, 0) is 31.6 Å². The van der Waals surface area contributed by atoms with E-state index < -0.39 is 0 Å². The molecule has 0 radical (unpaired) electrons. The second-order valence-electron chi connectivity index (χ2n) is 6.51. The van der Waals surface area contributed by atoms with Gasteiger partial charge < -0.3 is 9.88 Å². The minimum atomic E-state index is 0.103. The lowest BCUT2D eigenvalue weighted by Crippen LogP contribution is -2.28. The fraction of sp³-hybridized carbons (Fsp3) is 0.625. The fourth-order valence-electron chi connectivity index (χ4n) is 2.85. The highest BCUT2D eigenvalue weighted by molar-refractivity contribution is 5.83. The molecule has 0 saturated heterocycles. The van der Waals surface area contributed by atoms with Gasteiger partial charge in [0, 0.05) is 25.5 Å². The molecule has 1 aliphatic rings. The highest BCUT2D eigenvalue weighted by Gasteiger charge is 2.60. The second-order valence-corrected chi connectivity index (χ2v) is 6.51. The molecule has 2 atom stereocenters. The zero-order chi connectivity index (χ0) is 14.8. The Hall–Kier alpha value is -1.58. The second kappa shape index (κ2) is 5.81. The van der Waals surface area contributed by atoms with Crippen molar-refractivity contribution < 1.29 is 4.79 Å². The molecule has 1 aromatic rings. The van der Waals surface area contributed by atoms with Crippen LogP contribution in [0.5, 0.6) is 0 Å². The van der Waals surface area contributed by atoms with Crippen LogP contribution < -0.4 is 5.32 Å². The van der Waals surface area contributed by atoms with Crippen LogP contribution in [0.25, 0.3) is 0 Å². The summed E-state index contributed by atoms with van der Waals surface area (Å²) in [6.07, 6.45) is 8.68. The fourth-order valence-corrected chi connectivity index (χ4v) is 2.85. The number of carbonyl (C=O) groups is 1. The Morgan fingerprint density at radius 3 is 2.80 bits per heavy atom. The number of nitrogens with one attached hydrogen (secondary N) is 1. The van der Waals surface area contributed by atoms with Crippen molar-refractivity contribution in [2.75, 3.05) is 6.54 Å². The van der Waals surface area contributed by atoms with Gasteiger partial charge in [-0.3, -0.25) is 4.79 Å². The number of nitrogens with zero attached hydrogens (tertiary/aromatic N) is 2. The lowest BCUT2D eigenvalue weighted by molar-refractivity contribution is -0.123. The quantitative estimate of drug-likeness (QED) is 0.641. The zero-order valence-corrected chi connectivity index (χ0v) is 12.9. The van der Waals surface area contributed by atoms with Crippen molar-refractivity contribution in [2.45, 2.75) is 40.7 Å². The van der Waals surface area contributed by atoms with E-state index in [1.165, 1.54) is 5.57 Å². The van der Waals surface area contributed by atoms with Crippen LogP contribution in [0.3, 0.4) is 0 Å². The summed E-state index contributed by atoms with van der Waals surface area (Å²) in [5.41, 5.74) is 1.39. The van der Waals surface area contributed by atoms with Crippen molar-refractivity contribution in [3.05, 3.63) is 30.4 Å². The van der Waals surface area contributed by atoms with Crippen LogP contribution in [0.4, 0.5) is 0 Å².